The lowest BCUT2D eigenvalue weighted by Crippen LogP contribution is -2.50. The molecule has 7 atom stereocenters. The Morgan fingerprint density at radius 3 is 2.23 bits per heavy atom. The van der Waals surface area contributed by atoms with Crippen molar-refractivity contribution < 1.29 is 14.2 Å². The molecule has 1 heterocycles. The maximum absolute atomic E-state index is 11.4. The number of fused-ring (bicyclic) bond motifs is 3. The van der Waals surface area contributed by atoms with Gasteiger partial charge in [0.2, 0.25) is 0 Å². The Kier molecular flexibility index (Phi) is 17.4. The summed E-state index contributed by atoms with van der Waals surface area (Å²) in [5.41, 5.74) is 6.59. The molecular formula is C38H75N4O2+. The van der Waals surface area contributed by atoms with Crippen LogP contribution in [0.5, 0.6) is 0 Å². The predicted octanol–water partition coefficient (Wildman–Crippen LogP) is 8.84. The van der Waals surface area contributed by atoms with Crippen LogP contribution in [-0.2, 0) is 9.63 Å². The number of hydrogen-bond donors (Lipinski definition) is 2. The summed E-state index contributed by atoms with van der Waals surface area (Å²) in [6.45, 7) is 22.1. The number of oxime groups is 1. The quantitative estimate of drug-likeness (QED) is 0.0515. The Labute approximate surface area is 274 Å². The molecule has 2 N–H and O–H groups in total. The number of carbonyl (C=O) groups is 1. The lowest BCUT2D eigenvalue weighted by atomic mass is 9.47. The highest BCUT2D eigenvalue weighted by atomic mass is 16.6. The molecule has 6 heteroatoms. The van der Waals surface area contributed by atoms with E-state index in [2.05, 4.69) is 86.6 Å². The minimum absolute atomic E-state index is 0. The summed E-state index contributed by atoms with van der Waals surface area (Å²) in [7, 11) is 8.14. The second-order valence-corrected chi connectivity index (χ2v) is 15.4. The van der Waals surface area contributed by atoms with Gasteiger partial charge in [-0.1, -0.05) is 66.6 Å². The Hall–Kier alpha value is -1.50. The third-order valence-electron chi connectivity index (χ3n) is 11.8. The Morgan fingerprint density at radius 2 is 1.70 bits per heavy atom. The van der Waals surface area contributed by atoms with E-state index >= 15 is 0 Å². The first-order chi connectivity index (χ1) is 19.7. The number of rotatable bonds is 9. The van der Waals surface area contributed by atoms with Gasteiger partial charge in [-0.3, -0.25) is 9.39 Å². The third-order valence-corrected chi connectivity index (χ3v) is 11.8. The van der Waals surface area contributed by atoms with Crippen molar-refractivity contribution in [3.05, 3.63) is 24.8 Å². The van der Waals surface area contributed by atoms with Crippen molar-refractivity contribution in [2.24, 2.45) is 45.1 Å². The minimum Gasteiger partial charge on any atom is -0.396 e. The van der Waals surface area contributed by atoms with Crippen LogP contribution in [-0.4, -0.2) is 64.0 Å². The zero-order chi connectivity index (χ0) is 31.8. The highest BCUT2D eigenvalue weighted by Crippen LogP contribution is 2.66. The normalized spacial score (nSPS) is 34.9. The van der Waals surface area contributed by atoms with E-state index in [0.717, 1.165) is 48.0 Å². The fraction of sp³-hybridized carbons (Fsp3) is 0.842. The fourth-order valence-electron chi connectivity index (χ4n) is 9.13. The summed E-state index contributed by atoms with van der Waals surface area (Å²) >= 11 is 0. The number of nitrogens with zero attached hydrogens (tertiary/aromatic N) is 2. The van der Waals surface area contributed by atoms with Crippen LogP contribution in [0, 0.1) is 39.9 Å². The number of nitrogens with one attached hydrogen (secondary N) is 2. The molecule has 1 saturated heterocycles. The molecule has 0 spiro atoms. The molecule has 7 unspecified atom stereocenters. The molecule has 6 nitrogen and oxygen atoms in total. The van der Waals surface area contributed by atoms with Crippen molar-refractivity contribution in [1.82, 2.24) is 10.7 Å². The number of quaternary nitrogens is 1. The van der Waals surface area contributed by atoms with Gasteiger partial charge in [-0.25, -0.2) is 0 Å². The number of aldehydes is 1. The van der Waals surface area contributed by atoms with E-state index in [-0.39, 0.29) is 20.3 Å². The van der Waals surface area contributed by atoms with Gasteiger partial charge < -0.3 is 10.2 Å². The molecule has 44 heavy (non-hydrogen) atoms. The van der Waals surface area contributed by atoms with Crippen molar-refractivity contribution in [2.45, 2.75) is 127 Å². The van der Waals surface area contributed by atoms with E-state index in [9.17, 15) is 4.79 Å². The Morgan fingerprint density at radius 1 is 1.07 bits per heavy atom. The molecule has 0 bridgehead atoms. The van der Waals surface area contributed by atoms with Gasteiger partial charge in [0.1, 0.15) is 12.9 Å². The Balaban J connectivity index is 0.00000166. The van der Waals surface area contributed by atoms with Crippen LogP contribution in [0.25, 0.3) is 0 Å². The largest absolute Gasteiger partial charge is 0.396 e. The van der Waals surface area contributed by atoms with Gasteiger partial charge in [0.25, 0.3) is 0 Å². The molecule has 258 valence electrons. The molecule has 4 aliphatic rings. The molecule has 1 aliphatic heterocycles. The average Bonchev–Trinajstić information content (AvgIpc) is 3.47. The van der Waals surface area contributed by atoms with Crippen LogP contribution in [0.1, 0.15) is 121 Å². The first-order valence-corrected chi connectivity index (χ1v) is 16.8. The smallest absolute Gasteiger partial charge is 0.142 e. The maximum atomic E-state index is 11.4. The van der Waals surface area contributed by atoms with Gasteiger partial charge in [-0.05, 0) is 111 Å². The summed E-state index contributed by atoms with van der Waals surface area (Å²) in [6.07, 6.45) is 15.1. The van der Waals surface area contributed by atoms with Crippen LogP contribution in [0.4, 0.5) is 0 Å². The highest BCUT2D eigenvalue weighted by Gasteiger charge is 2.58. The first kappa shape index (κ1) is 42.5. The summed E-state index contributed by atoms with van der Waals surface area (Å²) < 4.78 is 0.819. The monoisotopic (exact) mass is 620 g/mol. The lowest BCUT2D eigenvalue weighted by Gasteiger charge is -2.57. The van der Waals surface area contributed by atoms with E-state index in [0.29, 0.717) is 29.4 Å². The molecular weight excluding hydrogens is 544 g/mol. The number of carbonyl (C=O) groups excluding carboxylic acids is 1. The standard InChI is InChI=1S/C30H50N2O2.C4H13N2.C2H4.2CH4/c1-7-15-29(5)22(13-19-33)8-9-23-25-11-10-24(30(25,6)16-12-26(23)29)21(2)32-34-20-14-27-28(3,4)17-18-31-27;1-5-6(2,3)4;1-2;;/h13,19,23-27,31H,7-12,14-18,20H2,1-6H3;5H,1-4H3;1-2H2;2*1H4/q;+1;;;/b22-13-,32-21+;;;;. The van der Waals surface area contributed by atoms with Gasteiger partial charge in [0.05, 0.1) is 26.9 Å². The van der Waals surface area contributed by atoms with Crippen molar-refractivity contribution in [2.75, 3.05) is 41.3 Å². The molecule has 4 rings (SSSR count). The first-order valence-electron chi connectivity index (χ1n) is 16.8. The van der Waals surface area contributed by atoms with Crippen molar-refractivity contribution in [3.63, 3.8) is 0 Å². The second-order valence-electron chi connectivity index (χ2n) is 15.4. The van der Waals surface area contributed by atoms with Crippen molar-refractivity contribution in [1.29, 1.82) is 0 Å². The zero-order valence-electron chi connectivity index (χ0n) is 29.2. The van der Waals surface area contributed by atoms with Crippen molar-refractivity contribution in [3.8, 4) is 0 Å². The SMILES string of the molecule is C.C.C=C.CCCC1(C)/C(=C\C=O)CCC2C1CCC1(C)C(/C(C)=N/OCCC3NCCC3(C)C)CCC21.CN[N+](C)(C)C. The van der Waals surface area contributed by atoms with Crippen LogP contribution >= 0.6 is 0 Å². The van der Waals surface area contributed by atoms with Crippen LogP contribution in [0.15, 0.2) is 30.0 Å². The summed E-state index contributed by atoms with van der Waals surface area (Å²) in [5.74, 6) is 2.83. The minimum atomic E-state index is 0. The summed E-state index contributed by atoms with van der Waals surface area (Å²) in [5, 5.41) is 8.33. The predicted molar refractivity (Wildman–Crippen MR) is 193 cm³/mol. The third kappa shape index (κ3) is 9.75. The highest BCUT2D eigenvalue weighted by molar-refractivity contribution is 5.85. The number of hydrogen-bond acceptors (Lipinski definition) is 5. The van der Waals surface area contributed by atoms with Gasteiger partial charge in [-0.15, -0.1) is 13.2 Å². The van der Waals surface area contributed by atoms with Crippen LogP contribution in [0.3, 0.4) is 0 Å². The topological polar surface area (TPSA) is 62.7 Å². The molecule has 0 amide bonds. The van der Waals surface area contributed by atoms with Gasteiger partial charge in [0.15, 0.2) is 0 Å². The van der Waals surface area contributed by atoms with Gasteiger partial charge in [0, 0.05) is 19.0 Å². The molecule has 3 saturated carbocycles. The lowest BCUT2D eigenvalue weighted by molar-refractivity contribution is -0.913. The summed E-state index contributed by atoms with van der Waals surface area (Å²) in [6, 6.07) is 0.536. The van der Waals surface area contributed by atoms with E-state index in [1.54, 1.807) is 0 Å². The van der Waals surface area contributed by atoms with Crippen LogP contribution in [0.2, 0.25) is 0 Å². The van der Waals surface area contributed by atoms with E-state index in [4.69, 9.17) is 9.99 Å². The Bertz CT molecular complexity index is 922. The molecule has 0 aromatic rings. The molecule has 0 aromatic carbocycles. The molecule has 3 aliphatic carbocycles. The maximum Gasteiger partial charge on any atom is 0.142 e. The van der Waals surface area contributed by atoms with Crippen molar-refractivity contribution >= 4 is 12.0 Å². The van der Waals surface area contributed by atoms with E-state index in [1.807, 2.05) is 13.1 Å². The molecule has 4 fully saturated rings. The summed E-state index contributed by atoms with van der Waals surface area (Å²) in [4.78, 5) is 17.3. The van der Waals surface area contributed by atoms with Gasteiger partial charge in [-0.2, -0.15) is 5.43 Å². The van der Waals surface area contributed by atoms with Crippen LogP contribution < -0.4 is 10.7 Å². The molecule has 0 radical (unpaired) electrons. The van der Waals surface area contributed by atoms with Gasteiger partial charge >= 0.3 is 0 Å². The van der Waals surface area contributed by atoms with E-state index in [1.165, 1.54) is 62.7 Å². The van der Waals surface area contributed by atoms with E-state index < -0.39 is 0 Å². The number of allylic oxidation sites excluding steroid dienone is 2. The zero-order valence-corrected chi connectivity index (χ0v) is 29.2. The fourth-order valence-corrected chi connectivity index (χ4v) is 9.13. The molecule has 0 aromatic heterocycles. The second kappa shape index (κ2) is 18.0. The average molecular weight is 620 g/mol.